The number of rotatable bonds is 2. The molecule has 1 fully saturated rings. The van der Waals surface area contributed by atoms with Crippen molar-refractivity contribution in [1.82, 2.24) is 0 Å². The molecule has 0 saturated carbocycles. The number of nitrogens with zero attached hydrogens (tertiary/aromatic N) is 1. The van der Waals surface area contributed by atoms with Gasteiger partial charge < -0.3 is 10.0 Å². The molecule has 2 nitrogen and oxygen atoms in total. The number of piperidine rings is 1. The molecule has 1 aromatic rings. The van der Waals surface area contributed by atoms with E-state index in [9.17, 15) is 5.11 Å². The van der Waals surface area contributed by atoms with Crippen LogP contribution in [0.15, 0.2) is 18.2 Å². The highest BCUT2D eigenvalue weighted by molar-refractivity contribution is 6.33. The van der Waals surface area contributed by atoms with Crippen molar-refractivity contribution >= 4 is 17.3 Å². The van der Waals surface area contributed by atoms with Gasteiger partial charge in [0.25, 0.3) is 0 Å². The Hall–Kier alpha value is -0.730. The number of hydrogen-bond donors (Lipinski definition) is 1. The fourth-order valence-electron chi connectivity index (χ4n) is 2.17. The molecule has 16 heavy (non-hydrogen) atoms. The van der Waals surface area contributed by atoms with E-state index in [1.54, 1.807) is 6.92 Å². The first-order chi connectivity index (χ1) is 7.68. The molecular weight excluding hydrogens is 222 g/mol. The topological polar surface area (TPSA) is 23.5 Å². The normalized spacial score (nSPS) is 18.6. The summed E-state index contributed by atoms with van der Waals surface area (Å²) >= 11 is 6.25. The summed E-state index contributed by atoms with van der Waals surface area (Å²) in [6.45, 7) is 3.94. The molecule has 0 radical (unpaired) electrons. The molecule has 0 aromatic heterocycles. The summed E-state index contributed by atoms with van der Waals surface area (Å²) < 4.78 is 0. The molecule has 0 aliphatic carbocycles. The van der Waals surface area contributed by atoms with Crippen molar-refractivity contribution in [1.29, 1.82) is 0 Å². The Labute approximate surface area is 102 Å². The molecule has 1 N–H and O–H groups in total. The maximum Gasteiger partial charge on any atom is 0.0762 e. The van der Waals surface area contributed by atoms with Gasteiger partial charge >= 0.3 is 0 Å². The second kappa shape index (κ2) is 5.07. The number of halogens is 1. The number of hydrogen-bond acceptors (Lipinski definition) is 2. The van der Waals surface area contributed by atoms with Crippen LogP contribution in [0.2, 0.25) is 5.02 Å². The van der Waals surface area contributed by atoms with E-state index >= 15 is 0 Å². The monoisotopic (exact) mass is 239 g/mol. The van der Waals surface area contributed by atoms with Gasteiger partial charge in [-0.15, -0.1) is 0 Å². The summed E-state index contributed by atoms with van der Waals surface area (Å²) in [5.74, 6) is 0. The highest BCUT2D eigenvalue weighted by Gasteiger charge is 2.14. The van der Waals surface area contributed by atoms with Gasteiger partial charge in [0.15, 0.2) is 0 Å². The third-order valence-electron chi connectivity index (χ3n) is 3.15. The van der Waals surface area contributed by atoms with E-state index in [4.69, 9.17) is 11.6 Å². The quantitative estimate of drug-likeness (QED) is 0.855. The third kappa shape index (κ3) is 2.50. The lowest BCUT2D eigenvalue weighted by molar-refractivity contribution is 0.199. The molecule has 1 atom stereocenters. The minimum Gasteiger partial charge on any atom is -0.389 e. The zero-order valence-corrected chi connectivity index (χ0v) is 10.4. The van der Waals surface area contributed by atoms with Gasteiger partial charge in [-0.1, -0.05) is 17.7 Å². The minimum atomic E-state index is -0.451. The van der Waals surface area contributed by atoms with Gasteiger partial charge in [0.2, 0.25) is 0 Å². The molecule has 0 spiro atoms. The Kier molecular flexibility index (Phi) is 3.72. The molecule has 1 aliphatic rings. The Morgan fingerprint density at radius 1 is 1.25 bits per heavy atom. The molecule has 1 unspecified atom stereocenters. The predicted molar refractivity (Wildman–Crippen MR) is 68.1 cm³/mol. The Bertz CT molecular complexity index is 359. The maximum absolute atomic E-state index is 9.48. The van der Waals surface area contributed by atoms with Crippen molar-refractivity contribution in [3.63, 3.8) is 0 Å². The summed E-state index contributed by atoms with van der Waals surface area (Å²) in [7, 11) is 0. The SMILES string of the molecule is CC(O)c1ccc(N2CCCCC2)c(Cl)c1. The van der Waals surface area contributed by atoms with Crippen molar-refractivity contribution in [2.24, 2.45) is 0 Å². The van der Waals surface area contributed by atoms with Crippen LogP contribution in [0.5, 0.6) is 0 Å². The average molecular weight is 240 g/mol. The van der Waals surface area contributed by atoms with E-state index in [1.165, 1.54) is 19.3 Å². The highest BCUT2D eigenvalue weighted by Crippen LogP contribution is 2.30. The average Bonchev–Trinajstić information content (AvgIpc) is 2.30. The molecule has 2 rings (SSSR count). The van der Waals surface area contributed by atoms with Crippen LogP contribution in [-0.4, -0.2) is 18.2 Å². The predicted octanol–water partition coefficient (Wildman–Crippen LogP) is 3.38. The van der Waals surface area contributed by atoms with Crippen LogP contribution in [0.25, 0.3) is 0 Å². The first kappa shape index (κ1) is 11.7. The van der Waals surface area contributed by atoms with E-state index in [0.717, 1.165) is 29.4 Å². The van der Waals surface area contributed by atoms with Crippen LogP contribution in [0.1, 0.15) is 37.9 Å². The van der Waals surface area contributed by atoms with Gasteiger partial charge in [0.05, 0.1) is 16.8 Å². The Morgan fingerprint density at radius 2 is 1.94 bits per heavy atom. The van der Waals surface area contributed by atoms with E-state index in [0.29, 0.717) is 0 Å². The second-order valence-corrected chi connectivity index (χ2v) is 4.84. The lowest BCUT2D eigenvalue weighted by atomic mass is 10.1. The van der Waals surface area contributed by atoms with Gasteiger partial charge in [-0.3, -0.25) is 0 Å². The van der Waals surface area contributed by atoms with Crippen LogP contribution < -0.4 is 4.90 Å². The number of anilines is 1. The standard InChI is InChI=1S/C13H18ClNO/c1-10(16)11-5-6-13(12(14)9-11)15-7-3-2-4-8-15/h5-6,9-10,16H,2-4,7-8H2,1H3. The van der Waals surface area contributed by atoms with E-state index in [1.807, 2.05) is 18.2 Å². The van der Waals surface area contributed by atoms with Gasteiger partial charge in [-0.2, -0.15) is 0 Å². The first-order valence-corrected chi connectivity index (χ1v) is 6.29. The molecule has 3 heteroatoms. The zero-order valence-electron chi connectivity index (χ0n) is 9.62. The molecule has 1 saturated heterocycles. The van der Waals surface area contributed by atoms with Gasteiger partial charge in [0, 0.05) is 13.1 Å². The zero-order chi connectivity index (χ0) is 11.5. The van der Waals surface area contributed by atoms with Gasteiger partial charge in [-0.25, -0.2) is 0 Å². The van der Waals surface area contributed by atoms with Gasteiger partial charge in [-0.05, 0) is 43.9 Å². The Balaban J connectivity index is 2.21. The fraction of sp³-hybridized carbons (Fsp3) is 0.538. The molecule has 1 aromatic carbocycles. The smallest absolute Gasteiger partial charge is 0.0762 e. The summed E-state index contributed by atoms with van der Waals surface area (Å²) in [5, 5.41) is 10.2. The van der Waals surface area contributed by atoms with Crippen molar-refractivity contribution in [2.75, 3.05) is 18.0 Å². The second-order valence-electron chi connectivity index (χ2n) is 4.43. The summed E-state index contributed by atoms with van der Waals surface area (Å²) in [5.41, 5.74) is 1.98. The molecule has 1 heterocycles. The van der Waals surface area contributed by atoms with Crippen LogP contribution >= 0.6 is 11.6 Å². The van der Waals surface area contributed by atoms with E-state index < -0.39 is 6.10 Å². The first-order valence-electron chi connectivity index (χ1n) is 5.91. The number of aliphatic hydroxyl groups is 1. The Morgan fingerprint density at radius 3 is 2.50 bits per heavy atom. The third-order valence-corrected chi connectivity index (χ3v) is 3.45. The molecule has 88 valence electrons. The van der Waals surface area contributed by atoms with Crippen LogP contribution in [0.4, 0.5) is 5.69 Å². The van der Waals surface area contributed by atoms with Gasteiger partial charge in [0.1, 0.15) is 0 Å². The van der Waals surface area contributed by atoms with Crippen molar-refractivity contribution in [3.8, 4) is 0 Å². The van der Waals surface area contributed by atoms with Crippen molar-refractivity contribution < 1.29 is 5.11 Å². The fourth-order valence-corrected chi connectivity index (χ4v) is 2.48. The van der Waals surface area contributed by atoms with Crippen LogP contribution in [0.3, 0.4) is 0 Å². The summed E-state index contributed by atoms with van der Waals surface area (Å²) in [6.07, 6.45) is 3.36. The molecule has 0 amide bonds. The minimum absolute atomic E-state index is 0.451. The van der Waals surface area contributed by atoms with E-state index in [2.05, 4.69) is 4.90 Å². The van der Waals surface area contributed by atoms with Crippen molar-refractivity contribution in [3.05, 3.63) is 28.8 Å². The number of benzene rings is 1. The summed E-state index contributed by atoms with van der Waals surface area (Å²) in [6, 6.07) is 5.85. The lowest BCUT2D eigenvalue weighted by Gasteiger charge is -2.29. The molecule has 1 aliphatic heterocycles. The van der Waals surface area contributed by atoms with Crippen LogP contribution in [0, 0.1) is 0 Å². The van der Waals surface area contributed by atoms with Crippen LogP contribution in [-0.2, 0) is 0 Å². The number of aliphatic hydroxyl groups excluding tert-OH is 1. The highest BCUT2D eigenvalue weighted by atomic mass is 35.5. The largest absolute Gasteiger partial charge is 0.389 e. The summed E-state index contributed by atoms with van der Waals surface area (Å²) in [4.78, 5) is 2.33. The molecule has 0 bridgehead atoms. The molecular formula is C13H18ClNO. The van der Waals surface area contributed by atoms with E-state index in [-0.39, 0.29) is 0 Å². The maximum atomic E-state index is 9.48. The lowest BCUT2D eigenvalue weighted by Crippen LogP contribution is -2.29. The van der Waals surface area contributed by atoms with Crippen molar-refractivity contribution in [2.45, 2.75) is 32.3 Å².